The Hall–Kier alpha value is -2.60. The summed E-state index contributed by atoms with van der Waals surface area (Å²) in [4.78, 5) is 36.1. The van der Waals surface area contributed by atoms with Gasteiger partial charge in [-0.05, 0) is 19.3 Å². The molecule has 0 bridgehead atoms. The summed E-state index contributed by atoms with van der Waals surface area (Å²) in [6.45, 7) is 1.37. The summed E-state index contributed by atoms with van der Waals surface area (Å²) in [6, 6.07) is 0. The number of thiazole rings is 1. The first kappa shape index (κ1) is 21.6. The van der Waals surface area contributed by atoms with Crippen molar-refractivity contribution in [1.82, 2.24) is 19.9 Å². The minimum atomic E-state index is -5.08. The van der Waals surface area contributed by atoms with E-state index in [1.54, 1.807) is 23.7 Å². The van der Waals surface area contributed by atoms with Crippen LogP contribution in [0.15, 0.2) is 24.0 Å². The van der Waals surface area contributed by atoms with Gasteiger partial charge in [-0.1, -0.05) is 0 Å². The van der Waals surface area contributed by atoms with Crippen LogP contribution in [0.25, 0.3) is 0 Å². The van der Waals surface area contributed by atoms with E-state index < -0.39 is 12.1 Å². The number of carbonyl (C=O) groups excluding carboxylic acids is 1. The summed E-state index contributed by atoms with van der Waals surface area (Å²) >= 11 is 1.72. The molecule has 2 saturated heterocycles. The lowest BCUT2D eigenvalue weighted by atomic mass is 10.0. The Kier molecular flexibility index (Phi) is 5.93. The van der Waals surface area contributed by atoms with Crippen LogP contribution in [-0.2, 0) is 9.53 Å². The number of hydrogen-bond donors (Lipinski definition) is 1. The van der Waals surface area contributed by atoms with Crippen molar-refractivity contribution >= 4 is 23.2 Å². The molecule has 4 heterocycles. The molecule has 1 aliphatic carbocycles. The van der Waals surface area contributed by atoms with Gasteiger partial charge in [0.05, 0.1) is 18.0 Å². The molecule has 8 nitrogen and oxygen atoms in total. The van der Waals surface area contributed by atoms with E-state index in [4.69, 9.17) is 19.6 Å². The van der Waals surface area contributed by atoms with Crippen molar-refractivity contribution in [2.75, 3.05) is 13.1 Å². The highest BCUT2D eigenvalue weighted by atomic mass is 32.1. The standard InChI is InChI=1S/C17H18N4O2S.C2HF3O2/c22-17(12-6-18-3-4-19-12)21-7-11-5-14(23-15(11)8-21)16-20-13(9-24-16)10-1-2-10;3-2(4,5)1(6)7/h3-4,6,9-11,14-15H,1-2,5,7-8H2;(H,6,7)/t11-,14-,15+;/m0./s1. The number of likely N-dealkylation sites (tertiary alicyclic amines) is 1. The predicted molar refractivity (Wildman–Crippen MR) is 101 cm³/mol. The first-order valence-corrected chi connectivity index (χ1v) is 10.6. The van der Waals surface area contributed by atoms with Crippen LogP contribution >= 0.6 is 11.3 Å². The van der Waals surface area contributed by atoms with Gasteiger partial charge in [0, 0.05) is 42.7 Å². The summed E-state index contributed by atoms with van der Waals surface area (Å²) in [5, 5.41) is 10.4. The summed E-state index contributed by atoms with van der Waals surface area (Å²) in [5.41, 5.74) is 1.65. The number of ether oxygens (including phenoxy) is 1. The number of halogens is 3. The monoisotopic (exact) mass is 456 g/mol. The van der Waals surface area contributed by atoms with Crippen LogP contribution in [0.2, 0.25) is 0 Å². The third-order valence-electron chi connectivity index (χ3n) is 5.36. The van der Waals surface area contributed by atoms with Crippen molar-refractivity contribution in [2.24, 2.45) is 5.92 Å². The van der Waals surface area contributed by atoms with Gasteiger partial charge in [0.2, 0.25) is 0 Å². The molecule has 3 fully saturated rings. The van der Waals surface area contributed by atoms with Gasteiger partial charge in [0.1, 0.15) is 16.8 Å². The van der Waals surface area contributed by atoms with Crippen molar-refractivity contribution in [2.45, 2.75) is 43.6 Å². The average Bonchev–Trinajstić information content (AvgIpc) is 3.14. The molecule has 2 aliphatic heterocycles. The van der Waals surface area contributed by atoms with Gasteiger partial charge in [-0.2, -0.15) is 13.2 Å². The summed E-state index contributed by atoms with van der Waals surface area (Å²) in [7, 11) is 0. The van der Waals surface area contributed by atoms with Gasteiger partial charge in [-0.15, -0.1) is 11.3 Å². The number of carboxylic acids is 1. The zero-order valence-electron chi connectivity index (χ0n) is 16.2. The number of fused-ring (bicyclic) bond motifs is 1. The van der Waals surface area contributed by atoms with E-state index in [1.165, 1.54) is 24.7 Å². The number of nitrogens with zero attached hydrogens (tertiary/aromatic N) is 4. The van der Waals surface area contributed by atoms with Gasteiger partial charge >= 0.3 is 12.1 Å². The topological polar surface area (TPSA) is 106 Å². The third-order valence-corrected chi connectivity index (χ3v) is 6.31. The second kappa shape index (κ2) is 8.50. The van der Waals surface area contributed by atoms with E-state index >= 15 is 0 Å². The van der Waals surface area contributed by atoms with Gasteiger partial charge in [0.25, 0.3) is 5.91 Å². The normalized spacial score (nSPS) is 25.0. The number of carboxylic acid groups (broad SMARTS) is 1. The van der Waals surface area contributed by atoms with Crippen LogP contribution in [0.4, 0.5) is 13.2 Å². The number of rotatable bonds is 3. The van der Waals surface area contributed by atoms with Gasteiger partial charge in [-0.3, -0.25) is 9.78 Å². The van der Waals surface area contributed by atoms with Crippen molar-refractivity contribution in [3.05, 3.63) is 40.4 Å². The van der Waals surface area contributed by atoms with E-state index in [0.29, 0.717) is 24.1 Å². The van der Waals surface area contributed by atoms with E-state index in [-0.39, 0.29) is 18.1 Å². The lowest BCUT2D eigenvalue weighted by Gasteiger charge is -2.18. The predicted octanol–water partition coefficient (Wildman–Crippen LogP) is 3.05. The molecule has 3 atom stereocenters. The minimum Gasteiger partial charge on any atom is -0.475 e. The summed E-state index contributed by atoms with van der Waals surface area (Å²) in [6.07, 6.45) is 3.29. The molecular weight excluding hydrogens is 437 g/mol. The van der Waals surface area contributed by atoms with Crippen LogP contribution < -0.4 is 0 Å². The molecule has 0 radical (unpaired) electrons. The minimum absolute atomic E-state index is 0.0529. The second-order valence-electron chi connectivity index (χ2n) is 7.65. The van der Waals surface area contributed by atoms with E-state index in [0.717, 1.165) is 18.0 Å². The summed E-state index contributed by atoms with van der Waals surface area (Å²) < 4.78 is 38.0. The molecule has 1 saturated carbocycles. The molecule has 166 valence electrons. The molecule has 1 amide bonds. The zero-order chi connectivity index (χ0) is 22.2. The fourth-order valence-corrected chi connectivity index (χ4v) is 4.62. The first-order chi connectivity index (χ1) is 14.7. The van der Waals surface area contributed by atoms with Crippen LogP contribution in [0.1, 0.15) is 52.5 Å². The summed E-state index contributed by atoms with van der Waals surface area (Å²) in [5.74, 6) is -1.73. The Morgan fingerprint density at radius 3 is 2.55 bits per heavy atom. The SMILES string of the molecule is O=C(O)C(F)(F)F.O=C(c1cnccn1)N1C[C@@H]2C[C@@H](c3nc(C4CC4)cs3)O[C@@H]2C1. The van der Waals surface area contributed by atoms with Gasteiger partial charge < -0.3 is 14.7 Å². The highest BCUT2D eigenvalue weighted by molar-refractivity contribution is 7.09. The Morgan fingerprint density at radius 2 is 1.97 bits per heavy atom. The molecule has 31 heavy (non-hydrogen) atoms. The van der Waals surface area contributed by atoms with E-state index in [9.17, 15) is 18.0 Å². The molecule has 0 unspecified atom stereocenters. The van der Waals surface area contributed by atoms with Crippen molar-refractivity contribution in [3.63, 3.8) is 0 Å². The maximum Gasteiger partial charge on any atom is 0.490 e. The molecule has 0 aromatic carbocycles. The number of aliphatic carboxylic acids is 1. The van der Waals surface area contributed by atoms with Crippen molar-refractivity contribution < 1.29 is 32.6 Å². The smallest absolute Gasteiger partial charge is 0.475 e. The largest absolute Gasteiger partial charge is 0.490 e. The van der Waals surface area contributed by atoms with Crippen LogP contribution in [0, 0.1) is 5.92 Å². The number of alkyl halides is 3. The Bertz CT molecular complexity index is 937. The lowest BCUT2D eigenvalue weighted by molar-refractivity contribution is -0.192. The third kappa shape index (κ3) is 5.01. The Morgan fingerprint density at radius 1 is 1.23 bits per heavy atom. The first-order valence-electron chi connectivity index (χ1n) is 9.68. The number of amides is 1. The molecule has 2 aromatic rings. The van der Waals surface area contributed by atoms with Gasteiger partial charge in [0.15, 0.2) is 0 Å². The highest BCUT2D eigenvalue weighted by Crippen LogP contribution is 2.45. The average molecular weight is 456 g/mol. The number of carbonyl (C=O) groups is 2. The molecule has 1 N–H and O–H groups in total. The lowest BCUT2D eigenvalue weighted by Crippen LogP contribution is -2.31. The molecule has 5 rings (SSSR count). The van der Waals surface area contributed by atoms with E-state index in [2.05, 4.69) is 15.3 Å². The quantitative estimate of drug-likeness (QED) is 0.757. The molecule has 3 aliphatic rings. The molecule has 2 aromatic heterocycles. The second-order valence-corrected chi connectivity index (χ2v) is 8.54. The van der Waals surface area contributed by atoms with E-state index in [1.807, 2.05) is 4.90 Å². The van der Waals surface area contributed by atoms with Gasteiger partial charge in [-0.25, -0.2) is 14.8 Å². The number of hydrogen-bond acceptors (Lipinski definition) is 7. The highest BCUT2D eigenvalue weighted by Gasteiger charge is 2.45. The zero-order valence-corrected chi connectivity index (χ0v) is 17.0. The fraction of sp³-hybridized carbons (Fsp3) is 0.526. The fourth-order valence-electron chi connectivity index (χ4n) is 3.68. The maximum atomic E-state index is 12.5. The van der Waals surface area contributed by atoms with Crippen molar-refractivity contribution in [3.8, 4) is 0 Å². The molecule has 0 spiro atoms. The van der Waals surface area contributed by atoms with Crippen LogP contribution in [-0.4, -0.2) is 62.2 Å². The Balaban J connectivity index is 0.000000289. The molecule has 12 heteroatoms. The van der Waals surface area contributed by atoms with Crippen LogP contribution in [0.5, 0.6) is 0 Å². The number of aromatic nitrogens is 3. The van der Waals surface area contributed by atoms with Crippen LogP contribution in [0.3, 0.4) is 0 Å². The maximum absolute atomic E-state index is 12.5. The molecular formula is C19H19F3N4O4S. The van der Waals surface area contributed by atoms with Crippen molar-refractivity contribution in [1.29, 1.82) is 0 Å². The Labute approximate surface area is 179 Å².